The second-order valence-corrected chi connectivity index (χ2v) is 5.93. The summed E-state index contributed by atoms with van der Waals surface area (Å²) in [6.07, 6.45) is 2.10. The molecule has 4 nitrogen and oxygen atoms in total. The Balaban J connectivity index is 0.00000162. The van der Waals surface area contributed by atoms with E-state index in [-0.39, 0.29) is 30.0 Å². The maximum absolute atomic E-state index is 12.4. The Labute approximate surface area is 116 Å². The molecule has 2 aliphatic heterocycles. The Morgan fingerprint density at radius 3 is 2.50 bits per heavy atom. The van der Waals surface area contributed by atoms with Gasteiger partial charge in [-0.05, 0) is 46.7 Å². The van der Waals surface area contributed by atoms with Crippen LogP contribution in [0.5, 0.6) is 0 Å². The molecule has 18 heavy (non-hydrogen) atoms. The van der Waals surface area contributed by atoms with Gasteiger partial charge in [0.1, 0.15) is 0 Å². The summed E-state index contributed by atoms with van der Waals surface area (Å²) < 4.78 is 5.84. The molecule has 106 valence electrons. The van der Waals surface area contributed by atoms with Crippen LogP contribution in [0, 0.1) is 5.92 Å². The molecule has 2 fully saturated rings. The van der Waals surface area contributed by atoms with Gasteiger partial charge in [-0.25, -0.2) is 0 Å². The van der Waals surface area contributed by atoms with Crippen LogP contribution in [-0.4, -0.2) is 48.7 Å². The molecule has 2 aliphatic rings. The van der Waals surface area contributed by atoms with E-state index in [1.54, 1.807) is 0 Å². The molecule has 0 aromatic heterocycles. The predicted octanol–water partition coefficient (Wildman–Crippen LogP) is 1.43. The van der Waals surface area contributed by atoms with Gasteiger partial charge in [0.15, 0.2) is 0 Å². The van der Waals surface area contributed by atoms with E-state index in [0.29, 0.717) is 5.91 Å². The number of carbonyl (C=O) groups excluding carboxylic acids is 1. The number of morpholine rings is 1. The largest absolute Gasteiger partial charge is 0.369 e. The third kappa shape index (κ3) is 3.84. The molecule has 0 spiro atoms. The Morgan fingerprint density at radius 1 is 1.33 bits per heavy atom. The normalized spacial score (nSPS) is 28.6. The van der Waals surface area contributed by atoms with Crippen LogP contribution in [0.4, 0.5) is 0 Å². The molecule has 1 unspecified atom stereocenters. The van der Waals surface area contributed by atoms with Gasteiger partial charge in [0.2, 0.25) is 5.91 Å². The van der Waals surface area contributed by atoms with E-state index in [1.165, 1.54) is 0 Å². The molecule has 0 radical (unpaired) electrons. The van der Waals surface area contributed by atoms with Crippen molar-refractivity contribution in [2.24, 2.45) is 5.92 Å². The molecule has 1 amide bonds. The van der Waals surface area contributed by atoms with Crippen LogP contribution in [0.15, 0.2) is 0 Å². The number of piperidine rings is 1. The molecule has 5 heteroatoms. The first kappa shape index (κ1) is 15.7. The number of rotatable bonds is 1. The van der Waals surface area contributed by atoms with Crippen LogP contribution in [-0.2, 0) is 9.53 Å². The van der Waals surface area contributed by atoms with Crippen molar-refractivity contribution in [1.29, 1.82) is 0 Å². The summed E-state index contributed by atoms with van der Waals surface area (Å²) in [4.78, 5) is 14.4. The Kier molecular flexibility index (Phi) is 5.44. The monoisotopic (exact) mass is 276 g/mol. The number of hydrogen-bond acceptors (Lipinski definition) is 3. The summed E-state index contributed by atoms with van der Waals surface area (Å²) in [5.74, 6) is 0.548. The van der Waals surface area contributed by atoms with E-state index in [4.69, 9.17) is 4.74 Å². The highest BCUT2D eigenvalue weighted by molar-refractivity contribution is 5.85. The molecule has 0 bridgehead atoms. The van der Waals surface area contributed by atoms with Crippen molar-refractivity contribution in [3.05, 3.63) is 0 Å². The zero-order valence-corrected chi connectivity index (χ0v) is 12.4. The SMILES string of the molecule is CC1CN(C(=O)C2CCNCC2)CC(C)(C)O1.Cl. The highest BCUT2D eigenvalue weighted by Crippen LogP contribution is 2.24. The van der Waals surface area contributed by atoms with Crippen molar-refractivity contribution in [3.8, 4) is 0 Å². The molecule has 2 saturated heterocycles. The van der Waals surface area contributed by atoms with Gasteiger partial charge in [0.25, 0.3) is 0 Å². The van der Waals surface area contributed by atoms with E-state index in [9.17, 15) is 4.79 Å². The standard InChI is InChI=1S/C13H24N2O2.ClH/c1-10-8-15(9-13(2,3)17-10)12(16)11-4-6-14-7-5-11;/h10-11,14H,4-9H2,1-3H3;1H. The first-order valence-corrected chi connectivity index (χ1v) is 6.65. The highest BCUT2D eigenvalue weighted by Gasteiger charge is 2.36. The molecule has 0 aromatic rings. The predicted molar refractivity (Wildman–Crippen MR) is 74.0 cm³/mol. The summed E-state index contributed by atoms with van der Waals surface area (Å²) in [6.45, 7) is 9.58. The third-order valence-electron chi connectivity index (χ3n) is 3.57. The molecule has 0 aliphatic carbocycles. The molecule has 0 saturated carbocycles. The van der Waals surface area contributed by atoms with Crippen LogP contribution in [0.25, 0.3) is 0 Å². The van der Waals surface area contributed by atoms with Crippen LogP contribution in [0.1, 0.15) is 33.6 Å². The Morgan fingerprint density at radius 2 is 1.94 bits per heavy atom. The number of halogens is 1. The topological polar surface area (TPSA) is 41.6 Å². The molecular formula is C13H25ClN2O2. The number of amides is 1. The average molecular weight is 277 g/mol. The minimum atomic E-state index is -0.208. The molecule has 1 N–H and O–H groups in total. The molecular weight excluding hydrogens is 252 g/mol. The van der Waals surface area contributed by atoms with Gasteiger partial charge in [-0.2, -0.15) is 0 Å². The lowest BCUT2D eigenvalue weighted by molar-refractivity contribution is -0.162. The fourth-order valence-electron chi connectivity index (χ4n) is 2.95. The van der Waals surface area contributed by atoms with Crippen molar-refractivity contribution < 1.29 is 9.53 Å². The van der Waals surface area contributed by atoms with E-state index in [0.717, 1.165) is 39.0 Å². The van der Waals surface area contributed by atoms with Gasteiger partial charge < -0.3 is 15.0 Å². The zero-order valence-electron chi connectivity index (χ0n) is 11.6. The summed E-state index contributed by atoms with van der Waals surface area (Å²) in [5.41, 5.74) is -0.208. The Bertz CT molecular complexity index is 291. The van der Waals surface area contributed by atoms with E-state index in [2.05, 4.69) is 19.2 Å². The number of ether oxygens (including phenoxy) is 1. The summed E-state index contributed by atoms with van der Waals surface area (Å²) in [5, 5.41) is 3.30. The van der Waals surface area contributed by atoms with Gasteiger partial charge in [0.05, 0.1) is 11.7 Å². The lowest BCUT2D eigenvalue weighted by Crippen LogP contribution is -2.55. The van der Waals surface area contributed by atoms with Gasteiger partial charge >= 0.3 is 0 Å². The molecule has 2 heterocycles. The second kappa shape index (κ2) is 6.22. The smallest absolute Gasteiger partial charge is 0.225 e. The maximum atomic E-state index is 12.4. The first-order valence-electron chi connectivity index (χ1n) is 6.65. The summed E-state index contributed by atoms with van der Waals surface area (Å²) in [7, 11) is 0. The number of nitrogens with zero attached hydrogens (tertiary/aromatic N) is 1. The average Bonchev–Trinajstić information content (AvgIpc) is 2.26. The van der Waals surface area contributed by atoms with Crippen LogP contribution in [0.2, 0.25) is 0 Å². The van der Waals surface area contributed by atoms with E-state index >= 15 is 0 Å². The third-order valence-corrected chi connectivity index (χ3v) is 3.57. The zero-order chi connectivity index (χ0) is 12.5. The van der Waals surface area contributed by atoms with Crippen LogP contribution in [0.3, 0.4) is 0 Å². The van der Waals surface area contributed by atoms with Crippen LogP contribution < -0.4 is 5.32 Å². The van der Waals surface area contributed by atoms with E-state index in [1.807, 2.05) is 11.8 Å². The van der Waals surface area contributed by atoms with Crippen molar-refractivity contribution in [1.82, 2.24) is 10.2 Å². The minimum absolute atomic E-state index is 0. The minimum Gasteiger partial charge on any atom is -0.369 e. The Hall–Kier alpha value is -0.320. The van der Waals surface area contributed by atoms with Gasteiger partial charge in [-0.1, -0.05) is 0 Å². The molecule has 1 atom stereocenters. The lowest BCUT2D eigenvalue weighted by Gasteiger charge is -2.43. The summed E-state index contributed by atoms with van der Waals surface area (Å²) >= 11 is 0. The van der Waals surface area contributed by atoms with Gasteiger partial charge in [-0.3, -0.25) is 4.79 Å². The fourth-order valence-corrected chi connectivity index (χ4v) is 2.95. The van der Waals surface area contributed by atoms with E-state index < -0.39 is 0 Å². The van der Waals surface area contributed by atoms with Crippen molar-refractivity contribution in [2.75, 3.05) is 26.2 Å². The van der Waals surface area contributed by atoms with Crippen molar-refractivity contribution in [3.63, 3.8) is 0 Å². The fraction of sp³-hybridized carbons (Fsp3) is 0.923. The van der Waals surface area contributed by atoms with Crippen molar-refractivity contribution >= 4 is 18.3 Å². The van der Waals surface area contributed by atoms with Gasteiger partial charge in [-0.15, -0.1) is 12.4 Å². The van der Waals surface area contributed by atoms with Gasteiger partial charge in [0, 0.05) is 19.0 Å². The highest BCUT2D eigenvalue weighted by atomic mass is 35.5. The lowest BCUT2D eigenvalue weighted by atomic mass is 9.95. The van der Waals surface area contributed by atoms with Crippen LogP contribution >= 0.6 is 12.4 Å². The summed E-state index contributed by atoms with van der Waals surface area (Å²) in [6, 6.07) is 0. The molecule has 0 aromatic carbocycles. The number of hydrogen-bond donors (Lipinski definition) is 1. The number of nitrogens with one attached hydrogen (secondary N) is 1. The second-order valence-electron chi connectivity index (χ2n) is 5.93. The first-order chi connectivity index (χ1) is 7.98. The molecule has 2 rings (SSSR count). The number of carbonyl (C=O) groups is 1. The maximum Gasteiger partial charge on any atom is 0.225 e. The van der Waals surface area contributed by atoms with Crippen molar-refractivity contribution in [2.45, 2.75) is 45.3 Å². The quantitative estimate of drug-likeness (QED) is 0.788.